The van der Waals surface area contributed by atoms with Gasteiger partial charge in [0.15, 0.2) is 17.2 Å². The Bertz CT molecular complexity index is 1960. The Hall–Kier alpha value is -5.35. The SMILES string of the molecule is CCn1cncc1Cn1c(CN2CCC(Oc3ccc(F)c(COc4ccc(C#N)cc4F)c3)CC2)nc2ccc(CCC(=O)O)nc21. The number of ether oxygens (including phenoxy) is 2. The maximum absolute atomic E-state index is 14.6. The third kappa shape index (κ3) is 7.61. The second kappa shape index (κ2) is 14.6. The van der Waals surface area contributed by atoms with Crippen LogP contribution in [0.5, 0.6) is 11.5 Å². The summed E-state index contributed by atoms with van der Waals surface area (Å²) >= 11 is 0. The molecule has 1 fully saturated rings. The average molecular weight is 656 g/mol. The number of nitrogens with zero attached hydrogens (tertiary/aromatic N) is 7. The summed E-state index contributed by atoms with van der Waals surface area (Å²) in [4.78, 5) is 27.5. The van der Waals surface area contributed by atoms with Gasteiger partial charge in [-0.2, -0.15) is 5.26 Å². The molecule has 0 atom stereocenters. The number of aliphatic carboxylic acids is 1. The highest BCUT2D eigenvalue weighted by Gasteiger charge is 2.24. The summed E-state index contributed by atoms with van der Waals surface area (Å²) in [5.74, 6) is -0.736. The minimum Gasteiger partial charge on any atom is -0.490 e. The lowest BCUT2D eigenvalue weighted by Crippen LogP contribution is -2.38. The van der Waals surface area contributed by atoms with E-state index in [0.29, 0.717) is 36.6 Å². The number of fused-ring (bicyclic) bond motifs is 1. The van der Waals surface area contributed by atoms with Crippen LogP contribution in [-0.2, 0) is 37.5 Å². The molecule has 1 N–H and O–H groups in total. The van der Waals surface area contributed by atoms with Crippen LogP contribution < -0.4 is 9.47 Å². The van der Waals surface area contributed by atoms with E-state index in [2.05, 4.69) is 25.9 Å². The van der Waals surface area contributed by atoms with Gasteiger partial charge in [-0.3, -0.25) is 9.69 Å². The zero-order valence-electron chi connectivity index (χ0n) is 26.5. The van der Waals surface area contributed by atoms with Crippen molar-refractivity contribution in [2.24, 2.45) is 0 Å². The first kappa shape index (κ1) is 32.6. The van der Waals surface area contributed by atoms with Crippen molar-refractivity contribution in [2.75, 3.05) is 13.1 Å². The molecule has 6 rings (SSSR count). The Morgan fingerprint density at radius 3 is 2.65 bits per heavy atom. The normalized spacial score (nSPS) is 13.9. The number of rotatable bonds is 13. The molecule has 0 aliphatic carbocycles. The number of likely N-dealkylation sites (tertiary alicyclic amines) is 1. The van der Waals surface area contributed by atoms with Crippen LogP contribution in [0, 0.1) is 23.0 Å². The van der Waals surface area contributed by atoms with Gasteiger partial charge in [0.1, 0.15) is 35.6 Å². The molecule has 11 nitrogen and oxygen atoms in total. The quantitative estimate of drug-likeness (QED) is 0.175. The number of benzene rings is 2. The van der Waals surface area contributed by atoms with Gasteiger partial charge in [-0.15, -0.1) is 0 Å². The van der Waals surface area contributed by atoms with Crippen LogP contribution in [0.4, 0.5) is 8.78 Å². The van der Waals surface area contributed by atoms with Crippen molar-refractivity contribution in [3.8, 4) is 17.6 Å². The Balaban J connectivity index is 1.11. The minimum atomic E-state index is -0.865. The molecule has 248 valence electrons. The van der Waals surface area contributed by atoms with Gasteiger partial charge in [-0.25, -0.2) is 23.7 Å². The second-order valence-corrected chi connectivity index (χ2v) is 11.7. The summed E-state index contributed by atoms with van der Waals surface area (Å²) in [5.41, 5.74) is 3.60. The summed E-state index contributed by atoms with van der Waals surface area (Å²) < 4.78 is 44.7. The van der Waals surface area contributed by atoms with Gasteiger partial charge in [0.25, 0.3) is 0 Å². The zero-order chi connectivity index (χ0) is 33.6. The largest absolute Gasteiger partial charge is 0.490 e. The lowest BCUT2D eigenvalue weighted by Gasteiger charge is -2.32. The van der Waals surface area contributed by atoms with Crippen molar-refractivity contribution < 1.29 is 28.2 Å². The fraction of sp³-hybridized carbons (Fsp3) is 0.343. The van der Waals surface area contributed by atoms with Gasteiger partial charge in [0, 0.05) is 43.5 Å². The van der Waals surface area contributed by atoms with Gasteiger partial charge in [0.2, 0.25) is 0 Å². The molecule has 48 heavy (non-hydrogen) atoms. The van der Waals surface area contributed by atoms with E-state index >= 15 is 0 Å². The van der Waals surface area contributed by atoms with Gasteiger partial charge < -0.3 is 23.7 Å². The van der Waals surface area contributed by atoms with Gasteiger partial charge in [-0.1, -0.05) is 0 Å². The summed E-state index contributed by atoms with van der Waals surface area (Å²) in [5, 5.41) is 18.1. The number of nitriles is 1. The maximum atomic E-state index is 14.6. The summed E-state index contributed by atoms with van der Waals surface area (Å²) in [6.45, 7) is 5.29. The molecule has 3 aromatic heterocycles. The highest BCUT2D eigenvalue weighted by Crippen LogP contribution is 2.26. The van der Waals surface area contributed by atoms with Crippen molar-refractivity contribution in [1.82, 2.24) is 29.0 Å². The summed E-state index contributed by atoms with van der Waals surface area (Å²) in [6.07, 6.45) is 5.41. The van der Waals surface area contributed by atoms with Gasteiger partial charge in [0.05, 0.1) is 43.2 Å². The molecule has 5 aromatic rings. The summed E-state index contributed by atoms with van der Waals surface area (Å²) in [6, 6.07) is 13.9. The molecule has 1 aliphatic heterocycles. The highest BCUT2D eigenvalue weighted by atomic mass is 19.1. The molecule has 0 unspecified atom stereocenters. The van der Waals surface area contributed by atoms with E-state index in [0.717, 1.165) is 55.6 Å². The van der Waals surface area contributed by atoms with Crippen molar-refractivity contribution in [2.45, 2.75) is 65.0 Å². The number of carboxylic acids is 1. The van der Waals surface area contributed by atoms with E-state index in [1.807, 2.05) is 24.4 Å². The monoisotopic (exact) mass is 655 g/mol. The molecule has 0 spiro atoms. The topological polar surface area (TPSA) is 131 Å². The van der Waals surface area contributed by atoms with Crippen molar-refractivity contribution in [1.29, 1.82) is 5.26 Å². The number of hydrogen-bond donors (Lipinski definition) is 1. The predicted octanol–water partition coefficient (Wildman–Crippen LogP) is 5.49. The van der Waals surface area contributed by atoms with Crippen LogP contribution in [0.2, 0.25) is 0 Å². The van der Waals surface area contributed by atoms with Crippen LogP contribution in [0.15, 0.2) is 61.1 Å². The molecular formula is C35H35F2N7O4. The Morgan fingerprint density at radius 1 is 1.06 bits per heavy atom. The van der Waals surface area contributed by atoms with E-state index in [1.165, 1.54) is 18.2 Å². The first-order valence-corrected chi connectivity index (χ1v) is 15.8. The zero-order valence-corrected chi connectivity index (χ0v) is 26.5. The lowest BCUT2D eigenvalue weighted by atomic mass is 10.1. The van der Waals surface area contributed by atoms with E-state index in [4.69, 9.17) is 29.8 Å². The first-order valence-electron chi connectivity index (χ1n) is 15.8. The Labute approximate surface area is 276 Å². The highest BCUT2D eigenvalue weighted by molar-refractivity contribution is 5.72. The van der Waals surface area contributed by atoms with Gasteiger partial charge >= 0.3 is 5.97 Å². The number of piperidine rings is 1. The Kier molecular flexibility index (Phi) is 9.91. The average Bonchev–Trinajstić information content (AvgIpc) is 3.68. The van der Waals surface area contributed by atoms with Crippen molar-refractivity contribution in [3.05, 3.63) is 101 Å². The first-order chi connectivity index (χ1) is 23.3. The smallest absolute Gasteiger partial charge is 0.303 e. The van der Waals surface area contributed by atoms with E-state index < -0.39 is 17.6 Å². The number of imidazole rings is 2. The molecule has 1 saturated heterocycles. The van der Waals surface area contributed by atoms with Crippen LogP contribution >= 0.6 is 0 Å². The fourth-order valence-electron chi connectivity index (χ4n) is 5.83. The second-order valence-electron chi connectivity index (χ2n) is 11.7. The van der Waals surface area contributed by atoms with E-state index in [1.54, 1.807) is 18.5 Å². The number of aromatic nitrogens is 5. The number of hydrogen-bond acceptors (Lipinski definition) is 8. The lowest BCUT2D eigenvalue weighted by molar-refractivity contribution is -0.136. The van der Waals surface area contributed by atoms with Crippen molar-refractivity contribution in [3.63, 3.8) is 0 Å². The Morgan fingerprint density at radius 2 is 1.90 bits per heavy atom. The van der Waals surface area contributed by atoms with Crippen LogP contribution in [-0.4, -0.2) is 59.3 Å². The van der Waals surface area contributed by atoms with Crippen LogP contribution in [0.1, 0.15) is 54.5 Å². The van der Waals surface area contributed by atoms with E-state index in [9.17, 15) is 13.6 Å². The molecule has 4 heterocycles. The van der Waals surface area contributed by atoms with Crippen LogP contribution in [0.25, 0.3) is 11.2 Å². The molecule has 0 saturated carbocycles. The van der Waals surface area contributed by atoms with E-state index in [-0.39, 0.29) is 36.0 Å². The summed E-state index contributed by atoms with van der Waals surface area (Å²) in [7, 11) is 0. The third-order valence-electron chi connectivity index (χ3n) is 8.45. The number of pyridine rings is 1. The third-order valence-corrected chi connectivity index (χ3v) is 8.45. The number of aryl methyl sites for hydroxylation is 2. The molecule has 2 aromatic carbocycles. The van der Waals surface area contributed by atoms with Crippen molar-refractivity contribution >= 4 is 17.1 Å². The molecule has 0 bridgehead atoms. The maximum Gasteiger partial charge on any atom is 0.303 e. The fourth-order valence-corrected chi connectivity index (χ4v) is 5.83. The predicted molar refractivity (Wildman–Crippen MR) is 171 cm³/mol. The number of halogens is 2. The molecule has 0 amide bonds. The molecule has 1 aliphatic rings. The van der Waals surface area contributed by atoms with Gasteiger partial charge in [-0.05, 0) is 68.3 Å². The minimum absolute atomic E-state index is 0.00468. The number of carboxylic acid groups (broad SMARTS) is 1. The number of carbonyl (C=O) groups is 1. The molecule has 13 heteroatoms. The molecular weight excluding hydrogens is 620 g/mol. The standard InChI is InChI=1S/C35H35F2N7O4/c1-2-43-22-39-18-26(43)19-44-33(41-31-8-4-25(40-35(31)44)5-10-34(45)46)20-42-13-11-27(12-14-42)48-28-6-7-29(36)24(16-28)21-47-32-9-3-23(17-38)15-30(32)37/h3-4,6-9,15-16,18,22,27H,2,5,10-14,19-21H2,1H3,(H,45,46). The van der Waals surface area contributed by atoms with Crippen LogP contribution in [0.3, 0.4) is 0 Å². The molecule has 0 radical (unpaired) electrons.